The second-order valence-corrected chi connectivity index (χ2v) is 5.10. The summed E-state index contributed by atoms with van der Waals surface area (Å²) in [7, 11) is 0. The molecule has 0 aromatic rings. The minimum atomic E-state index is -4.13. The van der Waals surface area contributed by atoms with Crippen molar-refractivity contribution in [2.75, 3.05) is 32.8 Å². The van der Waals surface area contributed by atoms with Gasteiger partial charge >= 0.3 is 6.18 Å². The van der Waals surface area contributed by atoms with Crippen molar-refractivity contribution in [3.05, 3.63) is 0 Å². The smallest absolute Gasteiger partial charge is 0.375 e. The van der Waals surface area contributed by atoms with E-state index in [1.807, 2.05) is 0 Å². The van der Waals surface area contributed by atoms with E-state index < -0.39 is 12.1 Å². The molecule has 2 fully saturated rings. The van der Waals surface area contributed by atoms with E-state index in [2.05, 4.69) is 5.32 Å². The molecule has 1 amide bonds. The number of halogens is 4. The van der Waals surface area contributed by atoms with Crippen molar-refractivity contribution in [1.29, 1.82) is 0 Å². The fraction of sp³-hybridized carbons (Fsp3) is 0.917. The van der Waals surface area contributed by atoms with Gasteiger partial charge in [0, 0.05) is 26.2 Å². The van der Waals surface area contributed by atoms with Crippen LogP contribution in [0.5, 0.6) is 0 Å². The van der Waals surface area contributed by atoms with Crippen LogP contribution in [0.25, 0.3) is 0 Å². The number of nitrogens with zero attached hydrogens (tertiary/aromatic N) is 1. The van der Waals surface area contributed by atoms with Crippen molar-refractivity contribution in [3.63, 3.8) is 0 Å². The number of ether oxygens (including phenoxy) is 1. The Kier molecular flexibility index (Phi) is 6.54. The summed E-state index contributed by atoms with van der Waals surface area (Å²) in [4.78, 5) is 13.5. The number of morpholine rings is 1. The molecule has 0 radical (unpaired) electrons. The Morgan fingerprint density at radius 3 is 2.45 bits per heavy atom. The summed E-state index contributed by atoms with van der Waals surface area (Å²) in [5.41, 5.74) is 0. The van der Waals surface area contributed by atoms with E-state index in [0.29, 0.717) is 13.2 Å². The lowest BCUT2D eigenvalue weighted by atomic mass is 9.96. The minimum absolute atomic E-state index is 0. The minimum Gasteiger partial charge on any atom is -0.375 e. The van der Waals surface area contributed by atoms with Crippen LogP contribution in [0.2, 0.25) is 0 Å². The summed E-state index contributed by atoms with van der Waals surface area (Å²) in [6.45, 7) is 2.38. The molecule has 20 heavy (non-hydrogen) atoms. The second-order valence-electron chi connectivity index (χ2n) is 5.10. The number of hydrogen-bond acceptors (Lipinski definition) is 3. The lowest BCUT2D eigenvalue weighted by Crippen LogP contribution is -2.45. The van der Waals surface area contributed by atoms with Gasteiger partial charge in [-0.3, -0.25) is 4.79 Å². The highest BCUT2D eigenvalue weighted by molar-refractivity contribution is 5.85. The zero-order valence-electron chi connectivity index (χ0n) is 11.1. The van der Waals surface area contributed by atoms with E-state index in [1.54, 1.807) is 0 Å². The molecule has 4 nitrogen and oxygen atoms in total. The third kappa shape index (κ3) is 4.79. The molecule has 0 spiro atoms. The maximum atomic E-state index is 12.5. The average molecular weight is 317 g/mol. The number of carbonyl (C=O) groups excluding carboxylic acids is 1. The maximum absolute atomic E-state index is 12.5. The summed E-state index contributed by atoms with van der Waals surface area (Å²) in [5, 5.41) is 3.13. The van der Waals surface area contributed by atoms with Crippen LogP contribution < -0.4 is 5.32 Å². The topological polar surface area (TPSA) is 41.6 Å². The third-order valence-corrected chi connectivity index (χ3v) is 3.72. The molecule has 0 aliphatic carbocycles. The van der Waals surface area contributed by atoms with Gasteiger partial charge in [0.05, 0.1) is 25.0 Å². The normalized spacial score (nSPS) is 25.1. The molecule has 0 aromatic carbocycles. The van der Waals surface area contributed by atoms with Crippen molar-refractivity contribution in [3.8, 4) is 0 Å². The Hall–Kier alpha value is -0.530. The van der Waals surface area contributed by atoms with Crippen molar-refractivity contribution in [2.45, 2.75) is 31.5 Å². The summed E-state index contributed by atoms with van der Waals surface area (Å²) < 4.78 is 43.0. The fourth-order valence-electron chi connectivity index (χ4n) is 2.53. The summed E-state index contributed by atoms with van der Waals surface area (Å²) in [5.74, 6) is -1.36. The Balaban J connectivity index is 0.00000200. The van der Waals surface area contributed by atoms with Gasteiger partial charge in [0.2, 0.25) is 5.91 Å². The Bertz CT molecular complexity index is 314. The van der Waals surface area contributed by atoms with E-state index >= 15 is 0 Å². The molecule has 2 heterocycles. The molecule has 2 saturated heterocycles. The van der Waals surface area contributed by atoms with E-state index in [0.717, 1.165) is 6.54 Å². The number of alkyl halides is 3. The Morgan fingerprint density at radius 2 is 1.95 bits per heavy atom. The SMILES string of the molecule is Cl.O=C(CC1CNCCO1)N1CCC(C(F)(F)F)CC1. The van der Waals surface area contributed by atoms with E-state index in [-0.39, 0.29) is 56.8 Å². The van der Waals surface area contributed by atoms with E-state index in [1.165, 1.54) is 4.90 Å². The highest BCUT2D eigenvalue weighted by Gasteiger charge is 2.41. The van der Waals surface area contributed by atoms with Gasteiger partial charge in [-0.1, -0.05) is 0 Å². The Labute approximate surface area is 122 Å². The monoisotopic (exact) mass is 316 g/mol. The zero-order chi connectivity index (χ0) is 13.9. The first-order valence-electron chi connectivity index (χ1n) is 6.63. The molecule has 8 heteroatoms. The quantitative estimate of drug-likeness (QED) is 0.841. The number of rotatable bonds is 2. The predicted molar refractivity (Wildman–Crippen MR) is 69.8 cm³/mol. The van der Waals surface area contributed by atoms with Gasteiger partial charge in [0.1, 0.15) is 0 Å². The maximum Gasteiger partial charge on any atom is 0.391 e. The molecule has 0 saturated carbocycles. The number of carbonyl (C=O) groups is 1. The van der Waals surface area contributed by atoms with Crippen LogP contribution in [-0.2, 0) is 9.53 Å². The first kappa shape index (κ1) is 17.5. The van der Waals surface area contributed by atoms with Gasteiger partial charge in [-0.2, -0.15) is 13.2 Å². The van der Waals surface area contributed by atoms with Gasteiger partial charge < -0.3 is 15.0 Å². The molecular formula is C12H20ClF3N2O2. The van der Waals surface area contributed by atoms with E-state index in [4.69, 9.17) is 4.74 Å². The van der Waals surface area contributed by atoms with Gasteiger partial charge in [0.15, 0.2) is 0 Å². The largest absolute Gasteiger partial charge is 0.391 e. The van der Waals surface area contributed by atoms with E-state index in [9.17, 15) is 18.0 Å². The number of piperidine rings is 1. The summed E-state index contributed by atoms with van der Waals surface area (Å²) in [6, 6.07) is 0. The van der Waals surface area contributed by atoms with Crippen molar-refractivity contribution in [2.24, 2.45) is 5.92 Å². The number of nitrogens with one attached hydrogen (secondary N) is 1. The highest BCUT2D eigenvalue weighted by Crippen LogP contribution is 2.34. The number of amides is 1. The third-order valence-electron chi connectivity index (χ3n) is 3.72. The van der Waals surface area contributed by atoms with Gasteiger partial charge in [-0.15, -0.1) is 12.4 Å². The average Bonchev–Trinajstić information content (AvgIpc) is 2.39. The van der Waals surface area contributed by atoms with Gasteiger partial charge in [0.25, 0.3) is 0 Å². The molecule has 0 bridgehead atoms. The fourth-order valence-corrected chi connectivity index (χ4v) is 2.53. The molecule has 118 valence electrons. The van der Waals surface area contributed by atoms with Crippen LogP contribution in [0.1, 0.15) is 19.3 Å². The molecule has 0 aromatic heterocycles. The van der Waals surface area contributed by atoms with Crippen LogP contribution in [0.3, 0.4) is 0 Å². The standard InChI is InChI=1S/C12H19F3N2O2.ClH/c13-12(14,15)9-1-4-17(5-2-9)11(18)7-10-8-16-3-6-19-10;/h9-10,16H,1-8H2;1H. The first-order valence-corrected chi connectivity index (χ1v) is 6.63. The molecular weight excluding hydrogens is 297 g/mol. The zero-order valence-corrected chi connectivity index (χ0v) is 11.9. The lowest BCUT2D eigenvalue weighted by Gasteiger charge is -2.34. The van der Waals surface area contributed by atoms with Crippen molar-refractivity contribution < 1.29 is 22.7 Å². The van der Waals surface area contributed by atoms with Crippen molar-refractivity contribution in [1.82, 2.24) is 10.2 Å². The van der Waals surface area contributed by atoms with Crippen LogP contribution in [0.15, 0.2) is 0 Å². The van der Waals surface area contributed by atoms with Crippen LogP contribution in [0.4, 0.5) is 13.2 Å². The highest BCUT2D eigenvalue weighted by atomic mass is 35.5. The number of hydrogen-bond donors (Lipinski definition) is 1. The molecule has 2 aliphatic heterocycles. The van der Waals surface area contributed by atoms with Crippen LogP contribution >= 0.6 is 12.4 Å². The summed E-state index contributed by atoms with van der Waals surface area (Å²) in [6.07, 6.45) is -4.01. The second kappa shape index (κ2) is 7.47. The number of likely N-dealkylation sites (tertiary alicyclic amines) is 1. The Morgan fingerprint density at radius 1 is 1.30 bits per heavy atom. The molecule has 1 unspecified atom stereocenters. The van der Waals surface area contributed by atoms with Gasteiger partial charge in [-0.25, -0.2) is 0 Å². The first-order chi connectivity index (χ1) is 8.97. The summed E-state index contributed by atoms with van der Waals surface area (Å²) >= 11 is 0. The molecule has 2 rings (SSSR count). The molecule has 1 N–H and O–H groups in total. The predicted octanol–water partition coefficient (Wildman–Crippen LogP) is 1.59. The van der Waals surface area contributed by atoms with Crippen LogP contribution in [-0.4, -0.2) is 55.9 Å². The molecule has 2 aliphatic rings. The molecule has 1 atom stereocenters. The van der Waals surface area contributed by atoms with Gasteiger partial charge in [-0.05, 0) is 12.8 Å². The van der Waals surface area contributed by atoms with Crippen molar-refractivity contribution >= 4 is 18.3 Å². The lowest BCUT2D eigenvalue weighted by molar-refractivity contribution is -0.186. The van der Waals surface area contributed by atoms with Crippen LogP contribution in [0, 0.1) is 5.92 Å².